The molecule has 0 bridgehead atoms. The van der Waals surface area contributed by atoms with E-state index in [-0.39, 0.29) is 23.9 Å². The van der Waals surface area contributed by atoms with Crippen molar-refractivity contribution in [3.63, 3.8) is 0 Å². The molecule has 5 aliphatic rings. The zero-order chi connectivity index (χ0) is 33.0. The van der Waals surface area contributed by atoms with E-state index in [1.807, 2.05) is 0 Å². The maximum absolute atomic E-state index is 3.52. The van der Waals surface area contributed by atoms with Crippen LogP contribution in [0, 0.1) is 0 Å². The van der Waals surface area contributed by atoms with Gasteiger partial charge in [-0.25, -0.2) is 0 Å². The van der Waals surface area contributed by atoms with Crippen molar-refractivity contribution in [1.29, 1.82) is 0 Å². The van der Waals surface area contributed by atoms with Crippen molar-refractivity contribution in [2.24, 2.45) is 0 Å². The van der Waals surface area contributed by atoms with Crippen LogP contribution in [0.4, 0.5) is 0 Å². The van der Waals surface area contributed by atoms with E-state index in [0.717, 1.165) is 6.54 Å². The number of hydrogen-bond donors (Lipinski definition) is 1. The summed E-state index contributed by atoms with van der Waals surface area (Å²) < 4.78 is 0. The van der Waals surface area contributed by atoms with Crippen LogP contribution in [-0.4, -0.2) is 28.5 Å². The highest BCUT2D eigenvalue weighted by molar-refractivity contribution is 5.96. The highest BCUT2D eigenvalue weighted by Gasteiger charge is 2.63. The van der Waals surface area contributed by atoms with Crippen molar-refractivity contribution in [1.82, 2.24) is 20.2 Å². The Hall–Kier alpha value is -5.52. The second-order valence-electron chi connectivity index (χ2n) is 14.2. The molecular formula is C46H36N4. The van der Waals surface area contributed by atoms with Gasteiger partial charge >= 0.3 is 0 Å². The van der Waals surface area contributed by atoms with Crippen LogP contribution in [0.15, 0.2) is 170 Å². The Bertz CT molecular complexity index is 2390. The summed E-state index contributed by atoms with van der Waals surface area (Å²) in [7, 11) is 2.28. The fourth-order valence-electron chi connectivity index (χ4n) is 9.79. The number of benzene rings is 6. The van der Waals surface area contributed by atoms with E-state index in [4.69, 9.17) is 0 Å². The van der Waals surface area contributed by atoms with Crippen LogP contribution < -0.4 is 5.32 Å². The van der Waals surface area contributed by atoms with E-state index in [9.17, 15) is 0 Å². The summed E-state index contributed by atoms with van der Waals surface area (Å²) in [4.78, 5) is 2.53. The van der Waals surface area contributed by atoms with Gasteiger partial charge in [0.05, 0.1) is 5.41 Å². The van der Waals surface area contributed by atoms with E-state index >= 15 is 0 Å². The molecule has 6 atom stereocenters. The fraction of sp³-hybridized carbons (Fsp3) is 0.130. The zero-order valence-electron chi connectivity index (χ0n) is 27.9. The highest BCUT2D eigenvalue weighted by atomic mass is 16.0. The molecule has 6 unspecified atom stereocenters. The topological polar surface area (TPSA) is 21.3 Å². The minimum Gasteiger partial charge on any atom is -0.387 e. The first-order valence-corrected chi connectivity index (χ1v) is 17.7. The van der Waals surface area contributed by atoms with Gasteiger partial charge in [0.15, 0.2) is 0 Å². The molecule has 3 heterocycles. The summed E-state index contributed by atoms with van der Waals surface area (Å²) in [6, 6.07) is 56.5. The van der Waals surface area contributed by atoms with Crippen molar-refractivity contribution in [2.75, 3.05) is 13.6 Å². The first-order valence-electron chi connectivity index (χ1n) is 17.7. The van der Waals surface area contributed by atoms with Gasteiger partial charge in [0, 0.05) is 6.54 Å². The van der Waals surface area contributed by atoms with Gasteiger partial charge < -0.3 is 5.32 Å². The van der Waals surface area contributed by atoms with Gasteiger partial charge in [-0.2, -0.15) is 10.0 Å². The van der Waals surface area contributed by atoms with Crippen LogP contribution in [0.2, 0.25) is 0 Å². The number of fused-ring (bicyclic) bond motifs is 10. The number of nitrogens with one attached hydrogen (secondary N) is 1. The Labute approximate surface area is 293 Å². The van der Waals surface area contributed by atoms with Gasteiger partial charge in [-0.05, 0) is 97.7 Å². The van der Waals surface area contributed by atoms with Gasteiger partial charge in [0.2, 0.25) is 0 Å². The molecule has 0 radical (unpaired) electrons. The average molecular weight is 645 g/mol. The van der Waals surface area contributed by atoms with E-state index in [1.54, 1.807) is 0 Å². The van der Waals surface area contributed by atoms with Crippen molar-refractivity contribution < 1.29 is 0 Å². The Morgan fingerprint density at radius 1 is 0.520 bits per heavy atom. The van der Waals surface area contributed by atoms with E-state index in [0.29, 0.717) is 0 Å². The van der Waals surface area contributed by atoms with Crippen molar-refractivity contribution in [3.05, 3.63) is 208 Å². The van der Waals surface area contributed by atoms with Crippen LogP contribution >= 0.6 is 0 Å². The highest BCUT2D eigenvalue weighted by Crippen LogP contribution is 2.65. The molecule has 0 amide bonds. The lowest BCUT2D eigenvalue weighted by Gasteiger charge is -2.33. The van der Waals surface area contributed by atoms with Gasteiger partial charge in [0.1, 0.15) is 18.5 Å². The van der Waals surface area contributed by atoms with E-state index in [1.165, 1.54) is 72.3 Å². The number of dihydropyridines is 1. The minimum atomic E-state index is -0.333. The first kappa shape index (κ1) is 28.3. The molecule has 1 spiro atoms. The number of allylic oxidation sites excluding steroid dienone is 2. The lowest BCUT2D eigenvalue weighted by atomic mass is 9.69. The van der Waals surface area contributed by atoms with Crippen molar-refractivity contribution in [2.45, 2.75) is 23.9 Å². The lowest BCUT2D eigenvalue weighted by molar-refractivity contribution is 0.144. The second kappa shape index (κ2) is 10.5. The van der Waals surface area contributed by atoms with Gasteiger partial charge in [0.25, 0.3) is 0 Å². The molecule has 4 nitrogen and oxygen atoms in total. The minimum absolute atomic E-state index is 0.0992. The summed E-state index contributed by atoms with van der Waals surface area (Å²) in [6.07, 6.45) is 4.86. The molecule has 50 heavy (non-hydrogen) atoms. The Morgan fingerprint density at radius 3 is 1.92 bits per heavy atom. The smallest absolute Gasteiger partial charge is 0.119 e. The quantitative estimate of drug-likeness (QED) is 0.193. The van der Waals surface area contributed by atoms with E-state index in [2.05, 4.69) is 191 Å². The average Bonchev–Trinajstić information content (AvgIpc) is 3.55. The number of hydrazine groups is 1. The molecule has 6 aromatic carbocycles. The summed E-state index contributed by atoms with van der Waals surface area (Å²) in [5.41, 5.74) is 17.2. The first-order chi connectivity index (χ1) is 24.7. The Morgan fingerprint density at radius 2 is 1.12 bits per heavy atom. The number of rotatable bonds is 4. The lowest BCUT2D eigenvalue weighted by Crippen LogP contribution is -2.30. The molecule has 1 N–H and O–H groups in total. The molecular weight excluding hydrogens is 609 g/mol. The predicted molar refractivity (Wildman–Crippen MR) is 200 cm³/mol. The molecule has 2 fully saturated rings. The van der Waals surface area contributed by atoms with Crippen LogP contribution in [0.25, 0.3) is 27.8 Å². The summed E-state index contributed by atoms with van der Waals surface area (Å²) in [5, 5.41) is 8.73. The van der Waals surface area contributed by atoms with Crippen LogP contribution in [0.3, 0.4) is 0 Å². The second-order valence-corrected chi connectivity index (χ2v) is 14.2. The fourth-order valence-corrected chi connectivity index (χ4v) is 9.79. The summed E-state index contributed by atoms with van der Waals surface area (Å²) in [6.45, 7) is 0.848. The molecule has 11 rings (SSSR count). The van der Waals surface area contributed by atoms with Crippen LogP contribution in [0.1, 0.15) is 57.4 Å². The summed E-state index contributed by atoms with van der Waals surface area (Å²) >= 11 is 0. The van der Waals surface area contributed by atoms with Gasteiger partial charge in [-0.3, -0.25) is 4.90 Å². The Balaban J connectivity index is 1.08. The van der Waals surface area contributed by atoms with Gasteiger partial charge in [-0.1, -0.05) is 146 Å². The predicted octanol–water partition coefficient (Wildman–Crippen LogP) is 9.43. The Kier molecular flexibility index (Phi) is 5.94. The standard InChI is InChI=1S/C46H36N4/c1-48-43(31-15-6-3-7-16-31)49-45(50(49)44(48)33-18-12-17-32(27-33)30-13-4-2-5-14-30)34-23-24-37-35-19-8-10-21-39(35)46(42(37)28-34)40-22-11-9-20-36(40)38-29-47-26-25-41(38)46/h2-28,43-45,47H,29H2,1H3. The maximum atomic E-state index is 3.52. The van der Waals surface area contributed by atoms with Crippen LogP contribution in [0.5, 0.6) is 0 Å². The summed E-state index contributed by atoms with van der Waals surface area (Å²) in [5.74, 6) is 0. The van der Waals surface area contributed by atoms with Crippen LogP contribution in [-0.2, 0) is 5.41 Å². The van der Waals surface area contributed by atoms with Gasteiger partial charge in [-0.15, -0.1) is 0 Å². The molecule has 2 saturated heterocycles. The molecule has 2 aliphatic carbocycles. The largest absolute Gasteiger partial charge is 0.387 e. The molecule has 240 valence electrons. The van der Waals surface area contributed by atoms with Crippen molar-refractivity contribution >= 4 is 5.57 Å². The van der Waals surface area contributed by atoms with E-state index < -0.39 is 0 Å². The zero-order valence-corrected chi connectivity index (χ0v) is 27.9. The maximum Gasteiger partial charge on any atom is 0.119 e. The molecule has 4 heteroatoms. The van der Waals surface area contributed by atoms with Crippen molar-refractivity contribution in [3.8, 4) is 22.3 Å². The number of hydrogen-bond acceptors (Lipinski definition) is 4. The SMILES string of the molecule is CN1C(c2ccccc2)N2C(c3ccc4c(c3)C3(C5=C(CNC=C5)c5ccccc53)c3ccccc3-4)N2C1c1cccc(-c2ccccc2)c1. The third-order valence-electron chi connectivity index (χ3n) is 11.8. The third-order valence-corrected chi connectivity index (χ3v) is 11.8. The number of nitrogens with zero attached hydrogens (tertiary/aromatic N) is 3. The molecule has 6 aromatic rings. The molecule has 0 saturated carbocycles. The monoisotopic (exact) mass is 644 g/mol. The molecule has 3 aliphatic heterocycles. The third kappa shape index (κ3) is 3.70. The normalized spacial score (nSPS) is 26.6. The molecule has 0 aromatic heterocycles.